The van der Waals surface area contributed by atoms with Gasteiger partial charge in [0.15, 0.2) is 0 Å². The van der Waals surface area contributed by atoms with Gasteiger partial charge in [-0.2, -0.15) is 0 Å². The van der Waals surface area contributed by atoms with Gasteiger partial charge in [-0.25, -0.2) is 0 Å². The minimum atomic E-state index is -0.0562. The van der Waals surface area contributed by atoms with E-state index in [0.717, 1.165) is 35.7 Å². The number of anilines is 2. The number of carbonyl (C=O) groups is 2. The van der Waals surface area contributed by atoms with Crippen molar-refractivity contribution in [1.82, 2.24) is 0 Å². The van der Waals surface area contributed by atoms with Crippen molar-refractivity contribution >= 4 is 23.2 Å². The lowest BCUT2D eigenvalue weighted by molar-refractivity contribution is -0.118. The van der Waals surface area contributed by atoms with Crippen molar-refractivity contribution in [1.29, 1.82) is 0 Å². The van der Waals surface area contributed by atoms with Gasteiger partial charge in [-0.05, 0) is 49.9 Å². The molecule has 0 aromatic heterocycles. The van der Waals surface area contributed by atoms with E-state index in [9.17, 15) is 9.59 Å². The van der Waals surface area contributed by atoms with Crippen LogP contribution in [-0.2, 0) is 9.59 Å². The Morgan fingerprint density at radius 2 is 1.06 bits per heavy atom. The highest BCUT2D eigenvalue weighted by Crippen LogP contribution is 2.20. The average Bonchev–Trinajstić information content (AvgIpc) is 2.87. The smallest absolute Gasteiger partial charge is 0.224 e. The third-order valence-corrected chi connectivity index (χ3v) is 5.83. The summed E-state index contributed by atoms with van der Waals surface area (Å²) in [6.07, 6.45) is 11.3. The molecule has 6 heteroatoms. The van der Waals surface area contributed by atoms with Crippen molar-refractivity contribution in [3.8, 4) is 11.5 Å². The highest BCUT2D eigenvalue weighted by atomic mass is 16.5. The van der Waals surface area contributed by atoms with Crippen LogP contribution in [-0.4, -0.2) is 25.0 Å². The van der Waals surface area contributed by atoms with Gasteiger partial charge in [0.25, 0.3) is 0 Å². The fraction of sp³-hybridized carbons (Fsp3) is 0.533. The van der Waals surface area contributed by atoms with E-state index in [4.69, 9.17) is 9.47 Å². The van der Waals surface area contributed by atoms with Gasteiger partial charge < -0.3 is 20.1 Å². The Morgan fingerprint density at radius 1 is 0.611 bits per heavy atom. The molecule has 0 fully saturated rings. The van der Waals surface area contributed by atoms with Crippen LogP contribution in [0.15, 0.2) is 48.5 Å². The Morgan fingerprint density at radius 3 is 1.47 bits per heavy atom. The first-order chi connectivity index (χ1) is 17.6. The van der Waals surface area contributed by atoms with Crippen LogP contribution in [0.3, 0.4) is 0 Å². The first-order valence-electron chi connectivity index (χ1n) is 13.7. The summed E-state index contributed by atoms with van der Waals surface area (Å²) in [6.45, 7) is 5.76. The molecule has 2 amide bonds. The molecule has 0 saturated carbocycles. The maximum Gasteiger partial charge on any atom is 0.224 e. The molecule has 0 atom stereocenters. The molecular weight excluding hydrogens is 452 g/mol. The molecule has 0 bridgehead atoms. The highest BCUT2D eigenvalue weighted by molar-refractivity contribution is 5.92. The lowest BCUT2D eigenvalue weighted by Crippen LogP contribution is -2.13. The van der Waals surface area contributed by atoms with Gasteiger partial charge >= 0.3 is 0 Å². The molecule has 0 unspecified atom stereocenters. The summed E-state index contributed by atoms with van der Waals surface area (Å²) in [7, 11) is 0. The van der Waals surface area contributed by atoms with Gasteiger partial charge in [0.05, 0.1) is 13.2 Å². The number of ether oxygens (including phenoxy) is 2. The van der Waals surface area contributed by atoms with Crippen LogP contribution >= 0.6 is 0 Å². The number of carbonyl (C=O) groups excluding carboxylic acids is 2. The van der Waals surface area contributed by atoms with Crippen molar-refractivity contribution in [2.24, 2.45) is 0 Å². The SMILES string of the molecule is CCCCCCOc1cccc(NC(=O)CCCCC(=O)Nc2cccc(OCCCCCC)c2)c1. The molecule has 0 heterocycles. The first kappa shape index (κ1) is 29.2. The summed E-state index contributed by atoms with van der Waals surface area (Å²) in [5.41, 5.74) is 1.47. The third-order valence-electron chi connectivity index (χ3n) is 5.83. The van der Waals surface area contributed by atoms with Crippen molar-refractivity contribution in [2.75, 3.05) is 23.8 Å². The first-order valence-corrected chi connectivity index (χ1v) is 13.7. The van der Waals surface area contributed by atoms with Crippen LogP contribution in [0.4, 0.5) is 11.4 Å². The topological polar surface area (TPSA) is 76.7 Å². The minimum Gasteiger partial charge on any atom is -0.494 e. The van der Waals surface area contributed by atoms with E-state index in [1.165, 1.54) is 38.5 Å². The monoisotopic (exact) mass is 496 g/mol. The van der Waals surface area contributed by atoms with E-state index in [2.05, 4.69) is 24.5 Å². The van der Waals surface area contributed by atoms with Gasteiger partial charge in [0.2, 0.25) is 11.8 Å². The van der Waals surface area contributed by atoms with E-state index >= 15 is 0 Å². The van der Waals surface area contributed by atoms with E-state index < -0.39 is 0 Å². The average molecular weight is 497 g/mol. The minimum absolute atomic E-state index is 0.0562. The molecule has 0 aliphatic heterocycles. The van der Waals surface area contributed by atoms with Crippen LogP contribution < -0.4 is 20.1 Å². The lowest BCUT2D eigenvalue weighted by atomic mass is 10.1. The molecule has 0 aliphatic rings. The maximum absolute atomic E-state index is 12.3. The molecule has 0 spiro atoms. The molecule has 36 heavy (non-hydrogen) atoms. The summed E-state index contributed by atoms with van der Waals surface area (Å²) >= 11 is 0. The summed E-state index contributed by atoms with van der Waals surface area (Å²) in [4.78, 5) is 24.6. The largest absolute Gasteiger partial charge is 0.494 e. The number of rotatable bonds is 19. The molecule has 2 rings (SSSR count). The van der Waals surface area contributed by atoms with Crippen LogP contribution in [0.1, 0.15) is 90.9 Å². The second-order valence-electron chi connectivity index (χ2n) is 9.18. The fourth-order valence-electron chi connectivity index (χ4n) is 3.78. The molecule has 0 saturated heterocycles. The number of benzene rings is 2. The molecule has 0 radical (unpaired) electrons. The Kier molecular flexibility index (Phi) is 14.8. The van der Waals surface area contributed by atoms with E-state index in [1.54, 1.807) is 0 Å². The predicted molar refractivity (Wildman–Crippen MR) is 148 cm³/mol. The van der Waals surface area contributed by atoms with Crippen LogP contribution in [0.25, 0.3) is 0 Å². The molecule has 2 aromatic rings. The number of nitrogens with one attached hydrogen (secondary N) is 2. The van der Waals surface area contributed by atoms with Crippen LogP contribution in [0.2, 0.25) is 0 Å². The Hall–Kier alpha value is -3.02. The number of hydrogen-bond acceptors (Lipinski definition) is 4. The molecule has 6 nitrogen and oxygen atoms in total. The number of unbranched alkanes of at least 4 members (excludes halogenated alkanes) is 7. The van der Waals surface area contributed by atoms with Gasteiger partial charge in [-0.3, -0.25) is 9.59 Å². The molecule has 0 aliphatic carbocycles. The lowest BCUT2D eigenvalue weighted by Gasteiger charge is -2.10. The zero-order valence-electron chi connectivity index (χ0n) is 22.2. The second kappa shape index (κ2) is 18.3. The quantitative estimate of drug-likeness (QED) is 0.195. The normalized spacial score (nSPS) is 10.6. The molecule has 198 valence electrons. The Balaban J connectivity index is 1.62. The van der Waals surface area contributed by atoms with Gasteiger partial charge in [0.1, 0.15) is 11.5 Å². The van der Waals surface area contributed by atoms with Crippen molar-refractivity contribution < 1.29 is 19.1 Å². The van der Waals surface area contributed by atoms with Crippen molar-refractivity contribution in [2.45, 2.75) is 90.9 Å². The van der Waals surface area contributed by atoms with E-state index in [1.807, 2.05) is 48.5 Å². The summed E-state index contributed by atoms with van der Waals surface area (Å²) < 4.78 is 11.6. The van der Waals surface area contributed by atoms with E-state index in [-0.39, 0.29) is 11.8 Å². The van der Waals surface area contributed by atoms with Gasteiger partial charge in [0, 0.05) is 36.3 Å². The Labute approximate surface area is 217 Å². The Bertz CT molecular complexity index is 827. The second-order valence-corrected chi connectivity index (χ2v) is 9.18. The summed E-state index contributed by atoms with van der Waals surface area (Å²) in [5, 5.41) is 5.84. The number of hydrogen-bond donors (Lipinski definition) is 2. The zero-order chi connectivity index (χ0) is 25.8. The summed E-state index contributed by atoms with van der Waals surface area (Å²) in [5.74, 6) is 1.43. The predicted octanol–water partition coefficient (Wildman–Crippen LogP) is 7.74. The molecular formula is C30H44N2O4. The third kappa shape index (κ3) is 13.2. The summed E-state index contributed by atoms with van der Waals surface area (Å²) in [6, 6.07) is 15.0. The maximum atomic E-state index is 12.3. The van der Waals surface area contributed by atoms with E-state index in [0.29, 0.717) is 38.9 Å². The standard InChI is InChI=1S/C30H44N2O4/c1-3-5-7-11-21-35-27-17-13-15-25(23-27)31-29(33)19-9-10-20-30(34)32-26-16-14-18-28(24-26)36-22-12-8-6-4-2/h13-18,23-24H,3-12,19-22H2,1-2H3,(H,31,33)(H,32,34). The molecule has 2 N–H and O–H groups in total. The highest BCUT2D eigenvalue weighted by Gasteiger charge is 2.07. The molecule has 2 aromatic carbocycles. The fourth-order valence-corrected chi connectivity index (χ4v) is 3.78. The zero-order valence-corrected chi connectivity index (χ0v) is 22.2. The van der Waals surface area contributed by atoms with Crippen LogP contribution in [0, 0.1) is 0 Å². The van der Waals surface area contributed by atoms with Gasteiger partial charge in [-0.15, -0.1) is 0 Å². The van der Waals surface area contributed by atoms with Crippen molar-refractivity contribution in [3.63, 3.8) is 0 Å². The van der Waals surface area contributed by atoms with Gasteiger partial charge in [-0.1, -0.05) is 64.5 Å². The number of amides is 2. The van der Waals surface area contributed by atoms with Crippen LogP contribution in [0.5, 0.6) is 11.5 Å². The van der Waals surface area contributed by atoms with Crippen molar-refractivity contribution in [3.05, 3.63) is 48.5 Å².